The van der Waals surface area contributed by atoms with Crippen LogP contribution in [0.25, 0.3) is 5.57 Å². The van der Waals surface area contributed by atoms with Crippen molar-refractivity contribution in [1.29, 1.82) is 0 Å². The third kappa shape index (κ3) is 3.89. The Balaban J connectivity index is 1.46. The summed E-state index contributed by atoms with van der Waals surface area (Å²) >= 11 is 0. The highest BCUT2D eigenvalue weighted by molar-refractivity contribution is 6.31. The van der Waals surface area contributed by atoms with Gasteiger partial charge in [0.1, 0.15) is 11.6 Å². The van der Waals surface area contributed by atoms with Crippen LogP contribution in [0.5, 0.6) is 0 Å². The summed E-state index contributed by atoms with van der Waals surface area (Å²) in [4.78, 5) is 16.7. The van der Waals surface area contributed by atoms with Crippen LogP contribution in [0.15, 0.2) is 42.6 Å². The van der Waals surface area contributed by atoms with Gasteiger partial charge in [0.15, 0.2) is 0 Å². The van der Waals surface area contributed by atoms with Crippen LogP contribution < -0.4 is 15.5 Å². The average Bonchev–Trinajstić information content (AvgIpc) is 3.08. The molecule has 2 aromatic carbocycles. The zero-order valence-corrected chi connectivity index (χ0v) is 17.2. The second-order valence-electron chi connectivity index (χ2n) is 7.77. The van der Waals surface area contributed by atoms with E-state index in [2.05, 4.69) is 34.3 Å². The van der Waals surface area contributed by atoms with E-state index in [4.69, 9.17) is 0 Å². The maximum Gasteiger partial charge on any atom is 0.257 e. The van der Waals surface area contributed by atoms with Crippen molar-refractivity contribution in [2.45, 2.75) is 26.3 Å². The lowest BCUT2D eigenvalue weighted by atomic mass is 10.1. The van der Waals surface area contributed by atoms with Crippen molar-refractivity contribution in [1.82, 2.24) is 4.90 Å². The fourth-order valence-electron chi connectivity index (χ4n) is 4.01. The molecule has 1 amide bonds. The molecule has 0 spiro atoms. The van der Waals surface area contributed by atoms with Gasteiger partial charge in [-0.2, -0.15) is 0 Å². The van der Waals surface area contributed by atoms with Gasteiger partial charge in [-0.1, -0.05) is 13.0 Å². The van der Waals surface area contributed by atoms with Crippen molar-refractivity contribution in [3.63, 3.8) is 0 Å². The number of halogens is 2. The average molecular weight is 412 g/mol. The van der Waals surface area contributed by atoms with E-state index in [1.165, 1.54) is 18.3 Å². The van der Waals surface area contributed by atoms with Crippen LogP contribution in [0.1, 0.15) is 25.8 Å². The van der Waals surface area contributed by atoms with Crippen molar-refractivity contribution in [2.24, 2.45) is 0 Å². The number of fused-ring (bicyclic) bond motifs is 1. The second kappa shape index (κ2) is 8.44. The Hall–Kier alpha value is -2.93. The number of nitrogens with zero attached hydrogens (tertiary/aromatic N) is 2. The van der Waals surface area contributed by atoms with Crippen LogP contribution in [0.4, 0.5) is 25.8 Å². The first-order valence-corrected chi connectivity index (χ1v) is 10.3. The smallest absolute Gasteiger partial charge is 0.257 e. The number of hydrogen-bond donors (Lipinski definition) is 2. The fraction of sp³-hybridized carbons (Fsp3) is 0.348. The van der Waals surface area contributed by atoms with Gasteiger partial charge in [0, 0.05) is 49.7 Å². The number of rotatable bonds is 5. The van der Waals surface area contributed by atoms with Gasteiger partial charge in [0.05, 0.1) is 16.9 Å². The van der Waals surface area contributed by atoms with Gasteiger partial charge in [-0.25, -0.2) is 8.78 Å². The maximum absolute atomic E-state index is 14.8. The molecule has 1 atom stereocenters. The standard InChI is InChI=1S/C23H26F2N4O/c1-3-15(2)28-9-11-29(12-10-28)21-8-7-16(13-19(21)25)26-14-17-22-18(24)5-4-6-20(22)27-23(17)30/h4-8,13-15,26H,3,9-12H2,1-2H3,(H,27,30)/b17-14+. The summed E-state index contributed by atoms with van der Waals surface area (Å²) in [5.74, 6) is -1.19. The number of benzene rings is 2. The first-order chi connectivity index (χ1) is 14.5. The lowest BCUT2D eigenvalue weighted by Gasteiger charge is -2.39. The van der Waals surface area contributed by atoms with E-state index in [1.807, 2.05) is 0 Å². The van der Waals surface area contributed by atoms with Crippen molar-refractivity contribution in [2.75, 3.05) is 41.7 Å². The Morgan fingerprint density at radius 3 is 2.60 bits per heavy atom. The van der Waals surface area contributed by atoms with E-state index in [9.17, 15) is 13.6 Å². The van der Waals surface area contributed by atoms with E-state index >= 15 is 0 Å². The quantitative estimate of drug-likeness (QED) is 0.720. The third-order valence-electron chi connectivity index (χ3n) is 5.98. The van der Waals surface area contributed by atoms with Crippen LogP contribution in [0.3, 0.4) is 0 Å². The summed E-state index contributed by atoms with van der Waals surface area (Å²) in [6.45, 7) is 7.81. The van der Waals surface area contributed by atoms with Gasteiger partial charge in [0.25, 0.3) is 5.91 Å². The molecule has 0 aliphatic carbocycles. The summed E-state index contributed by atoms with van der Waals surface area (Å²) < 4.78 is 28.9. The lowest BCUT2D eigenvalue weighted by Crippen LogP contribution is -2.49. The summed E-state index contributed by atoms with van der Waals surface area (Å²) in [6, 6.07) is 9.96. The molecule has 0 radical (unpaired) electrons. The SMILES string of the molecule is CCC(C)N1CCN(c2ccc(N/C=C3/C(=O)Nc4cccc(F)c43)cc2F)CC1. The first-order valence-electron chi connectivity index (χ1n) is 10.3. The van der Waals surface area contributed by atoms with E-state index < -0.39 is 5.82 Å². The van der Waals surface area contributed by atoms with Gasteiger partial charge >= 0.3 is 0 Å². The summed E-state index contributed by atoms with van der Waals surface area (Å²) in [7, 11) is 0. The molecule has 7 heteroatoms. The van der Waals surface area contributed by atoms with Crippen molar-refractivity contribution in [3.05, 3.63) is 59.8 Å². The maximum atomic E-state index is 14.8. The number of nitrogens with one attached hydrogen (secondary N) is 2. The lowest BCUT2D eigenvalue weighted by molar-refractivity contribution is -0.110. The minimum absolute atomic E-state index is 0.189. The molecule has 0 aromatic heterocycles. The summed E-state index contributed by atoms with van der Waals surface area (Å²) in [5, 5.41) is 5.56. The Kier molecular flexibility index (Phi) is 5.72. The number of amides is 1. The molecule has 2 aliphatic rings. The van der Waals surface area contributed by atoms with Gasteiger partial charge in [0.2, 0.25) is 0 Å². The van der Waals surface area contributed by atoms with Crippen LogP contribution in [-0.2, 0) is 4.79 Å². The fourth-order valence-corrected chi connectivity index (χ4v) is 4.01. The van der Waals surface area contributed by atoms with Crippen LogP contribution >= 0.6 is 0 Å². The Labute approximate surface area is 175 Å². The number of carbonyl (C=O) groups excluding carboxylic acids is 1. The molecule has 2 N–H and O–H groups in total. The van der Waals surface area contributed by atoms with Gasteiger partial charge < -0.3 is 15.5 Å². The zero-order chi connectivity index (χ0) is 21.3. The highest BCUT2D eigenvalue weighted by Gasteiger charge is 2.27. The Morgan fingerprint density at radius 2 is 1.90 bits per heavy atom. The van der Waals surface area contributed by atoms with Crippen molar-refractivity contribution < 1.29 is 13.6 Å². The molecule has 5 nitrogen and oxygen atoms in total. The first kappa shape index (κ1) is 20.3. The number of anilines is 3. The molecule has 1 fully saturated rings. The van der Waals surface area contributed by atoms with Crippen molar-refractivity contribution in [3.8, 4) is 0 Å². The molecule has 2 heterocycles. The number of piperazine rings is 1. The summed E-state index contributed by atoms with van der Waals surface area (Å²) in [5.41, 5.74) is 1.93. The number of carbonyl (C=O) groups is 1. The predicted octanol–water partition coefficient (Wildman–Crippen LogP) is 4.29. The van der Waals surface area contributed by atoms with Gasteiger partial charge in [-0.05, 0) is 43.7 Å². The predicted molar refractivity (Wildman–Crippen MR) is 117 cm³/mol. The monoisotopic (exact) mass is 412 g/mol. The molecule has 2 aliphatic heterocycles. The number of hydrogen-bond acceptors (Lipinski definition) is 4. The molecule has 2 aromatic rings. The molecule has 1 unspecified atom stereocenters. The molecule has 0 bridgehead atoms. The minimum Gasteiger partial charge on any atom is -0.367 e. The molecular weight excluding hydrogens is 386 g/mol. The highest BCUT2D eigenvalue weighted by Crippen LogP contribution is 2.34. The van der Waals surface area contributed by atoms with Gasteiger partial charge in [-0.3, -0.25) is 9.69 Å². The molecule has 158 valence electrons. The second-order valence-corrected chi connectivity index (χ2v) is 7.77. The van der Waals surface area contributed by atoms with Crippen LogP contribution in [-0.4, -0.2) is 43.0 Å². The Morgan fingerprint density at radius 1 is 1.13 bits per heavy atom. The summed E-state index contributed by atoms with van der Waals surface area (Å²) in [6.07, 6.45) is 2.53. The molecule has 0 saturated carbocycles. The topological polar surface area (TPSA) is 47.6 Å². The largest absolute Gasteiger partial charge is 0.367 e. The van der Waals surface area contributed by atoms with Gasteiger partial charge in [-0.15, -0.1) is 0 Å². The Bertz CT molecular complexity index is 983. The van der Waals surface area contributed by atoms with E-state index in [-0.39, 0.29) is 22.9 Å². The van der Waals surface area contributed by atoms with Crippen LogP contribution in [0.2, 0.25) is 0 Å². The molecule has 30 heavy (non-hydrogen) atoms. The van der Waals surface area contributed by atoms with Crippen LogP contribution in [0, 0.1) is 11.6 Å². The zero-order valence-electron chi connectivity index (χ0n) is 17.2. The molecule has 1 saturated heterocycles. The van der Waals surface area contributed by atoms with E-state index in [0.29, 0.717) is 23.1 Å². The van der Waals surface area contributed by atoms with E-state index in [0.717, 1.165) is 32.6 Å². The van der Waals surface area contributed by atoms with Crippen molar-refractivity contribution >= 4 is 28.5 Å². The minimum atomic E-state index is -0.475. The third-order valence-corrected chi connectivity index (χ3v) is 5.98. The normalized spacial score (nSPS) is 19.0. The van der Waals surface area contributed by atoms with E-state index in [1.54, 1.807) is 24.3 Å². The highest BCUT2D eigenvalue weighted by atomic mass is 19.1. The molecular formula is C23H26F2N4O. The molecule has 4 rings (SSSR count).